The van der Waals surface area contributed by atoms with Gasteiger partial charge in [0, 0.05) is 25.2 Å². The average molecular weight is 347 g/mol. The van der Waals surface area contributed by atoms with Gasteiger partial charge in [0.1, 0.15) is 0 Å². The van der Waals surface area contributed by atoms with Crippen LogP contribution >= 0.6 is 0 Å². The second-order valence-electron chi connectivity index (χ2n) is 6.74. The third kappa shape index (κ3) is 2.90. The second-order valence-corrected chi connectivity index (χ2v) is 6.74. The van der Waals surface area contributed by atoms with Crippen LogP contribution in [0.25, 0.3) is 10.9 Å². The first kappa shape index (κ1) is 16.5. The molecule has 1 aliphatic rings. The molecule has 0 bridgehead atoms. The third-order valence-electron chi connectivity index (χ3n) is 5.03. The molecule has 0 aliphatic carbocycles. The summed E-state index contributed by atoms with van der Waals surface area (Å²) in [6.07, 6.45) is 3.81. The number of hydrogen-bond acceptors (Lipinski definition) is 3. The summed E-state index contributed by atoms with van der Waals surface area (Å²) < 4.78 is 1.54. The van der Waals surface area contributed by atoms with E-state index < -0.39 is 0 Å². The van der Waals surface area contributed by atoms with E-state index in [2.05, 4.69) is 11.1 Å². The third-order valence-corrected chi connectivity index (χ3v) is 5.03. The molecule has 1 amide bonds. The Hall–Kier alpha value is -2.95. The highest BCUT2D eigenvalue weighted by Crippen LogP contribution is 2.27. The summed E-state index contributed by atoms with van der Waals surface area (Å²) in [7, 11) is 0. The zero-order valence-corrected chi connectivity index (χ0v) is 14.8. The second kappa shape index (κ2) is 6.75. The minimum atomic E-state index is -0.0921. The first-order valence-electron chi connectivity index (χ1n) is 8.98. The summed E-state index contributed by atoms with van der Waals surface area (Å²) >= 11 is 0. The average Bonchev–Trinajstić information content (AvgIpc) is 2.67. The molecule has 0 spiro atoms. The van der Waals surface area contributed by atoms with E-state index in [1.165, 1.54) is 10.1 Å². The molecular formula is C21H21N3O2. The molecule has 0 saturated carbocycles. The van der Waals surface area contributed by atoms with Crippen LogP contribution in [-0.4, -0.2) is 22.0 Å². The topological polar surface area (TPSA) is 55.2 Å². The smallest absolute Gasteiger partial charge is 0.261 e. The maximum atomic E-state index is 12.8. The van der Waals surface area contributed by atoms with Crippen LogP contribution in [0, 0.1) is 6.92 Å². The predicted octanol–water partition coefficient (Wildman–Crippen LogP) is 3.07. The van der Waals surface area contributed by atoms with Gasteiger partial charge in [-0.05, 0) is 43.0 Å². The highest BCUT2D eigenvalue weighted by molar-refractivity contribution is 5.94. The van der Waals surface area contributed by atoms with Crippen molar-refractivity contribution in [2.45, 2.75) is 32.7 Å². The van der Waals surface area contributed by atoms with Crippen LogP contribution in [0.4, 0.5) is 5.69 Å². The van der Waals surface area contributed by atoms with Gasteiger partial charge in [-0.15, -0.1) is 0 Å². The molecule has 0 N–H and O–H groups in total. The maximum Gasteiger partial charge on any atom is 0.261 e. The van der Waals surface area contributed by atoms with Crippen LogP contribution in [0.5, 0.6) is 0 Å². The quantitative estimate of drug-likeness (QED) is 0.732. The largest absolute Gasteiger partial charge is 0.312 e. The van der Waals surface area contributed by atoms with Crippen LogP contribution in [0.3, 0.4) is 0 Å². The molecule has 5 nitrogen and oxygen atoms in total. The van der Waals surface area contributed by atoms with Crippen LogP contribution in [0.2, 0.25) is 0 Å². The molecule has 1 aromatic heterocycles. The van der Waals surface area contributed by atoms with Crippen molar-refractivity contribution >= 4 is 22.5 Å². The van der Waals surface area contributed by atoms with Crippen molar-refractivity contribution in [3.63, 3.8) is 0 Å². The van der Waals surface area contributed by atoms with Crippen molar-refractivity contribution in [3.8, 4) is 0 Å². The predicted molar refractivity (Wildman–Crippen MR) is 102 cm³/mol. The molecule has 0 saturated heterocycles. The number of aromatic nitrogens is 2. The normalized spacial score (nSPS) is 13.7. The molecule has 0 radical (unpaired) electrons. The van der Waals surface area contributed by atoms with E-state index in [9.17, 15) is 9.59 Å². The number of carbonyl (C=O) groups excluding carboxylic acids is 1. The van der Waals surface area contributed by atoms with E-state index in [0.29, 0.717) is 11.9 Å². The van der Waals surface area contributed by atoms with Gasteiger partial charge in [-0.1, -0.05) is 30.3 Å². The van der Waals surface area contributed by atoms with Crippen LogP contribution in [-0.2, 0) is 17.8 Å². The molecule has 4 rings (SSSR count). The fourth-order valence-electron chi connectivity index (χ4n) is 3.64. The molecule has 0 fully saturated rings. The number of amides is 1. The Labute approximate surface area is 151 Å². The lowest BCUT2D eigenvalue weighted by Crippen LogP contribution is -2.36. The van der Waals surface area contributed by atoms with Crippen molar-refractivity contribution in [2.24, 2.45) is 0 Å². The van der Waals surface area contributed by atoms with Crippen molar-refractivity contribution in [3.05, 3.63) is 70.3 Å². The Morgan fingerprint density at radius 1 is 1.15 bits per heavy atom. The lowest BCUT2D eigenvalue weighted by Gasteiger charge is -2.29. The highest BCUT2D eigenvalue weighted by atomic mass is 16.2. The molecule has 5 heteroatoms. The summed E-state index contributed by atoms with van der Waals surface area (Å²) in [5, 5.41) is 0.600. The van der Waals surface area contributed by atoms with Crippen LogP contribution in [0.1, 0.15) is 24.0 Å². The SMILES string of the molecule is Cc1cccc2c(=O)n(CCC(=O)N3CCCc4ccccc43)cnc12. The summed E-state index contributed by atoms with van der Waals surface area (Å²) in [5.41, 5.74) is 3.83. The molecule has 0 atom stereocenters. The molecule has 26 heavy (non-hydrogen) atoms. The van der Waals surface area contributed by atoms with Gasteiger partial charge in [0.25, 0.3) is 5.56 Å². The van der Waals surface area contributed by atoms with Gasteiger partial charge in [0.15, 0.2) is 0 Å². The number of aryl methyl sites for hydroxylation is 3. The zero-order chi connectivity index (χ0) is 18.1. The number of benzene rings is 2. The molecule has 132 valence electrons. The van der Waals surface area contributed by atoms with Crippen molar-refractivity contribution in [1.82, 2.24) is 9.55 Å². The van der Waals surface area contributed by atoms with Gasteiger partial charge in [-0.3, -0.25) is 14.2 Å². The Balaban J connectivity index is 1.55. The first-order chi connectivity index (χ1) is 12.6. The summed E-state index contributed by atoms with van der Waals surface area (Å²) in [5.74, 6) is 0.0494. The number of carbonyl (C=O) groups is 1. The Bertz CT molecular complexity index is 1040. The fraction of sp³-hybridized carbons (Fsp3) is 0.286. The number of fused-ring (bicyclic) bond motifs is 2. The number of rotatable bonds is 3. The minimum Gasteiger partial charge on any atom is -0.312 e. The van der Waals surface area contributed by atoms with Gasteiger partial charge < -0.3 is 4.90 Å². The zero-order valence-electron chi connectivity index (χ0n) is 14.8. The Morgan fingerprint density at radius 2 is 2.00 bits per heavy atom. The van der Waals surface area contributed by atoms with Gasteiger partial charge in [0.05, 0.1) is 17.2 Å². The van der Waals surface area contributed by atoms with E-state index in [-0.39, 0.29) is 17.9 Å². The fourth-order valence-corrected chi connectivity index (χ4v) is 3.64. The van der Waals surface area contributed by atoms with Gasteiger partial charge in [-0.2, -0.15) is 0 Å². The lowest BCUT2D eigenvalue weighted by atomic mass is 10.0. The molecule has 3 aromatic rings. The van der Waals surface area contributed by atoms with E-state index in [1.54, 1.807) is 12.4 Å². The van der Waals surface area contributed by atoms with Gasteiger partial charge >= 0.3 is 0 Å². The molecular weight excluding hydrogens is 326 g/mol. The molecule has 1 aliphatic heterocycles. The molecule has 2 aromatic carbocycles. The van der Waals surface area contributed by atoms with E-state index >= 15 is 0 Å². The van der Waals surface area contributed by atoms with Crippen LogP contribution in [0.15, 0.2) is 53.6 Å². The summed E-state index contributed by atoms with van der Waals surface area (Å²) in [4.78, 5) is 31.7. The number of hydrogen-bond donors (Lipinski definition) is 0. The Kier molecular flexibility index (Phi) is 4.29. The number of para-hydroxylation sites is 2. The number of anilines is 1. The summed E-state index contributed by atoms with van der Waals surface area (Å²) in [6, 6.07) is 13.6. The molecule has 2 heterocycles. The van der Waals surface area contributed by atoms with Gasteiger partial charge in [0.2, 0.25) is 5.91 Å². The van der Waals surface area contributed by atoms with E-state index in [1.807, 2.05) is 42.2 Å². The van der Waals surface area contributed by atoms with Crippen molar-refractivity contribution < 1.29 is 4.79 Å². The lowest BCUT2D eigenvalue weighted by molar-refractivity contribution is -0.118. The summed E-state index contributed by atoms with van der Waals surface area (Å²) in [6.45, 7) is 3.02. The van der Waals surface area contributed by atoms with Crippen LogP contribution < -0.4 is 10.5 Å². The standard InChI is InChI=1S/C21H21N3O2/c1-15-6-4-9-17-20(15)22-14-23(21(17)26)13-11-19(25)24-12-5-8-16-7-2-3-10-18(16)24/h2-4,6-7,9-10,14H,5,8,11-13H2,1H3. The molecule has 0 unspecified atom stereocenters. The first-order valence-corrected chi connectivity index (χ1v) is 8.98. The minimum absolute atomic E-state index is 0.0494. The van der Waals surface area contributed by atoms with Gasteiger partial charge in [-0.25, -0.2) is 4.98 Å². The van der Waals surface area contributed by atoms with E-state index in [4.69, 9.17) is 0 Å². The number of nitrogens with zero attached hydrogens (tertiary/aromatic N) is 3. The monoisotopic (exact) mass is 347 g/mol. The van der Waals surface area contributed by atoms with Crippen molar-refractivity contribution in [2.75, 3.05) is 11.4 Å². The van der Waals surface area contributed by atoms with Crippen molar-refractivity contribution in [1.29, 1.82) is 0 Å². The maximum absolute atomic E-state index is 12.8. The highest BCUT2D eigenvalue weighted by Gasteiger charge is 2.21. The Morgan fingerprint density at radius 3 is 2.88 bits per heavy atom. The van der Waals surface area contributed by atoms with E-state index in [0.717, 1.165) is 36.2 Å².